The molecule has 3 N–H and O–H groups in total. The van der Waals surface area contributed by atoms with E-state index in [1.807, 2.05) is 24.3 Å². The molecule has 0 spiro atoms. The number of benzene rings is 1. The first-order valence-electron chi connectivity index (χ1n) is 3.90. The molecule has 78 valence electrons. The first-order valence-corrected chi connectivity index (χ1v) is 5.26. The van der Waals surface area contributed by atoms with Crippen molar-refractivity contribution in [3.63, 3.8) is 0 Å². The summed E-state index contributed by atoms with van der Waals surface area (Å²) in [7, 11) is 0. The molecule has 2 nitrogen and oxygen atoms in total. The predicted octanol–water partition coefficient (Wildman–Crippen LogP) is 3.09. The van der Waals surface area contributed by atoms with Gasteiger partial charge in [0.2, 0.25) is 0 Å². The van der Waals surface area contributed by atoms with Crippen molar-refractivity contribution < 1.29 is 0 Å². The largest absolute Gasteiger partial charge is 0.379 e. The molecule has 0 amide bonds. The maximum Gasteiger partial charge on any atom is 0.151 e. The number of halogens is 2. The monoisotopic (exact) mass is 294 g/mol. The molecule has 1 aromatic rings. The van der Waals surface area contributed by atoms with Gasteiger partial charge >= 0.3 is 0 Å². The van der Waals surface area contributed by atoms with E-state index in [9.17, 15) is 0 Å². The molecule has 0 atom stereocenters. The van der Waals surface area contributed by atoms with E-state index in [0.29, 0.717) is 0 Å². The molecule has 0 bridgehead atoms. The Labute approximate surface area is 103 Å². The quantitative estimate of drug-likeness (QED) is 0.665. The van der Waals surface area contributed by atoms with Gasteiger partial charge in [-0.25, -0.2) is 0 Å². The molecule has 0 aromatic heterocycles. The van der Waals surface area contributed by atoms with Crippen LogP contribution in [-0.2, 0) is 6.42 Å². The summed E-state index contributed by atoms with van der Waals surface area (Å²) in [5.41, 5.74) is 6.43. The summed E-state index contributed by atoms with van der Waals surface area (Å²) in [6.45, 7) is 0. The Morgan fingerprint density at radius 3 is 2.43 bits per heavy atom. The Balaban J connectivity index is 0.00000169. The zero-order chi connectivity index (χ0) is 9.68. The highest BCUT2D eigenvalue weighted by atomic mass is 79.9. The lowest BCUT2D eigenvalue weighted by Crippen LogP contribution is -2.05. The van der Waals surface area contributed by atoms with Crippen LogP contribution in [0.5, 0.6) is 0 Å². The van der Waals surface area contributed by atoms with E-state index in [2.05, 4.69) is 0 Å². The Bertz CT molecular complexity index is 289. The SMILES string of the molecule is Br.N=C(N)SCCc1ccc(Cl)cc1. The van der Waals surface area contributed by atoms with Gasteiger partial charge in [0.1, 0.15) is 0 Å². The van der Waals surface area contributed by atoms with Gasteiger partial charge in [-0.05, 0) is 24.1 Å². The zero-order valence-electron chi connectivity index (χ0n) is 7.50. The highest BCUT2D eigenvalue weighted by Crippen LogP contribution is 2.11. The van der Waals surface area contributed by atoms with Crippen LogP contribution in [0.1, 0.15) is 5.56 Å². The van der Waals surface area contributed by atoms with Crippen LogP contribution in [0.4, 0.5) is 0 Å². The third kappa shape index (κ3) is 5.52. The van der Waals surface area contributed by atoms with Crippen LogP contribution in [0.15, 0.2) is 24.3 Å². The molecule has 0 saturated heterocycles. The van der Waals surface area contributed by atoms with Crippen molar-refractivity contribution in [1.82, 2.24) is 0 Å². The van der Waals surface area contributed by atoms with E-state index in [1.54, 1.807) is 0 Å². The van der Waals surface area contributed by atoms with Gasteiger partial charge in [-0.2, -0.15) is 0 Å². The molecule has 0 saturated carbocycles. The summed E-state index contributed by atoms with van der Waals surface area (Å²) in [6, 6.07) is 7.72. The molecule has 0 aliphatic carbocycles. The smallest absolute Gasteiger partial charge is 0.151 e. The maximum atomic E-state index is 7.01. The molecule has 0 fully saturated rings. The number of amidine groups is 1. The average molecular weight is 296 g/mol. The first-order chi connectivity index (χ1) is 6.18. The van der Waals surface area contributed by atoms with Crippen LogP contribution in [0.3, 0.4) is 0 Å². The van der Waals surface area contributed by atoms with E-state index in [1.165, 1.54) is 17.3 Å². The third-order valence-corrected chi connectivity index (χ3v) is 2.53. The molecule has 0 heterocycles. The average Bonchev–Trinajstić information content (AvgIpc) is 2.08. The van der Waals surface area contributed by atoms with Gasteiger partial charge in [0.15, 0.2) is 5.17 Å². The van der Waals surface area contributed by atoms with E-state index in [4.69, 9.17) is 22.7 Å². The summed E-state index contributed by atoms with van der Waals surface area (Å²) in [5.74, 6) is 0.844. The number of nitrogens with one attached hydrogen (secondary N) is 1. The second kappa shape index (κ2) is 7.15. The fourth-order valence-corrected chi connectivity index (χ4v) is 1.61. The fourth-order valence-electron chi connectivity index (χ4n) is 0.930. The molecule has 0 radical (unpaired) electrons. The first kappa shape index (κ1) is 13.8. The minimum Gasteiger partial charge on any atom is -0.379 e. The zero-order valence-corrected chi connectivity index (χ0v) is 10.8. The standard InChI is InChI=1S/C9H11ClN2S.BrH/c10-8-3-1-7(2-4-8)5-6-13-9(11)12;/h1-4H,5-6H2,(H3,11,12);1H. The Morgan fingerprint density at radius 1 is 1.36 bits per heavy atom. The molecular formula is C9H12BrClN2S. The predicted molar refractivity (Wildman–Crippen MR) is 69.9 cm³/mol. The van der Waals surface area contributed by atoms with Crippen LogP contribution in [-0.4, -0.2) is 10.9 Å². The van der Waals surface area contributed by atoms with Crippen LogP contribution >= 0.6 is 40.3 Å². The lowest BCUT2D eigenvalue weighted by molar-refractivity contribution is 1.16. The molecular weight excluding hydrogens is 284 g/mol. The molecule has 14 heavy (non-hydrogen) atoms. The Morgan fingerprint density at radius 2 is 1.93 bits per heavy atom. The van der Waals surface area contributed by atoms with Gasteiger partial charge in [0, 0.05) is 10.8 Å². The van der Waals surface area contributed by atoms with Gasteiger partial charge in [-0.15, -0.1) is 17.0 Å². The third-order valence-electron chi connectivity index (χ3n) is 1.56. The minimum atomic E-state index is 0. The van der Waals surface area contributed by atoms with Crippen molar-refractivity contribution in [2.45, 2.75) is 6.42 Å². The molecule has 1 aromatic carbocycles. The molecule has 1 rings (SSSR count). The normalized spacial score (nSPS) is 9.21. The number of hydrogen-bond donors (Lipinski definition) is 2. The van der Waals surface area contributed by atoms with E-state index >= 15 is 0 Å². The number of aryl methyl sites for hydroxylation is 1. The molecule has 5 heteroatoms. The van der Waals surface area contributed by atoms with Gasteiger partial charge < -0.3 is 5.73 Å². The second-order valence-electron chi connectivity index (χ2n) is 2.59. The topological polar surface area (TPSA) is 49.9 Å². The van der Waals surface area contributed by atoms with Crippen LogP contribution in [0, 0.1) is 5.41 Å². The van der Waals surface area contributed by atoms with Gasteiger partial charge in [-0.1, -0.05) is 35.5 Å². The van der Waals surface area contributed by atoms with E-state index in [-0.39, 0.29) is 22.1 Å². The molecule has 0 unspecified atom stereocenters. The number of hydrogen-bond acceptors (Lipinski definition) is 2. The lowest BCUT2D eigenvalue weighted by atomic mass is 10.2. The van der Waals surface area contributed by atoms with Crippen LogP contribution in [0.2, 0.25) is 5.02 Å². The van der Waals surface area contributed by atoms with Crippen molar-refractivity contribution >= 4 is 45.5 Å². The Hall–Kier alpha value is -0.190. The molecule has 0 aliphatic rings. The summed E-state index contributed by atoms with van der Waals surface area (Å²) in [5, 5.41) is 7.94. The van der Waals surface area contributed by atoms with Crippen molar-refractivity contribution in [2.75, 3.05) is 5.75 Å². The van der Waals surface area contributed by atoms with Crippen LogP contribution < -0.4 is 5.73 Å². The van der Waals surface area contributed by atoms with Crippen LogP contribution in [0.25, 0.3) is 0 Å². The van der Waals surface area contributed by atoms with Crippen molar-refractivity contribution in [3.05, 3.63) is 34.9 Å². The van der Waals surface area contributed by atoms with E-state index in [0.717, 1.165) is 17.2 Å². The van der Waals surface area contributed by atoms with Gasteiger partial charge in [0.05, 0.1) is 0 Å². The highest BCUT2D eigenvalue weighted by Gasteiger charge is 1.94. The van der Waals surface area contributed by atoms with Crippen molar-refractivity contribution in [2.24, 2.45) is 5.73 Å². The van der Waals surface area contributed by atoms with E-state index < -0.39 is 0 Å². The summed E-state index contributed by atoms with van der Waals surface area (Å²) in [6.07, 6.45) is 0.918. The number of thioether (sulfide) groups is 1. The number of nitrogens with two attached hydrogens (primary N) is 1. The van der Waals surface area contributed by atoms with Gasteiger partial charge in [0.25, 0.3) is 0 Å². The number of rotatable bonds is 3. The minimum absolute atomic E-state index is 0. The van der Waals surface area contributed by atoms with Crippen molar-refractivity contribution in [3.8, 4) is 0 Å². The summed E-state index contributed by atoms with van der Waals surface area (Å²) < 4.78 is 0. The fraction of sp³-hybridized carbons (Fsp3) is 0.222. The summed E-state index contributed by atoms with van der Waals surface area (Å²) >= 11 is 7.10. The lowest BCUT2D eigenvalue weighted by Gasteiger charge is -2.00. The van der Waals surface area contributed by atoms with Crippen molar-refractivity contribution in [1.29, 1.82) is 5.41 Å². The highest BCUT2D eigenvalue weighted by molar-refractivity contribution is 8.93. The van der Waals surface area contributed by atoms with Gasteiger partial charge in [-0.3, -0.25) is 5.41 Å². The molecule has 0 aliphatic heterocycles. The maximum absolute atomic E-state index is 7.01. The summed E-state index contributed by atoms with van der Waals surface area (Å²) in [4.78, 5) is 0. The Kier molecular flexibility index (Phi) is 7.05. The second-order valence-corrected chi connectivity index (χ2v) is 4.16.